The van der Waals surface area contributed by atoms with Gasteiger partial charge in [0, 0.05) is 37.6 Å². The van der Waals surface area contributed by atoms with Crippen molar-refractivity contribution in [2.45, 2.75) is 18.0 Å². The molecule has 0 radical (unpaired) electrons. The summed E-state index contributed by atoms with van der Waals surface area (Å²) < 4.78 is 0. The average Bonchev–Trinajstić information content (AvgIpc) is 2.63. The van der Waals surface area contributed by atoms with E-state index >= 15 is 0 Å². The highest BCUT2D eigenvalue weighted by Gasteiger charge is 2.08. The molecule has 6 heteroatoms. The van der Waals surface area contributed by atoms with E-state index in [-0.39, 0.29) is 0 Å². The average molecular weight is 356 g/mol. The largest absolute Gasteiger partial charge is 0.366 e. The van der Waals surface area contributed by atoms with Gasteiger partial charge >= 0.3 is 0 Å². The second-order valence-electron chi connectivity index (χ2n) is 5.67. The van der Waals surface area contributed by atoms with Crippen LogP contribution in [0.15, 0.2) is 58.4 Å². The number of benzene rings is 2. The molecule has 25 heavy (non-hydrogen) atoms. The molecule has 1 amide bonds. The normalized spacial score (nSPS) is 11.2. The molecule has 0 fully saturated rings. The van der Waals surface area contributed by atoms with Crippen molar-refractivity contribution >= 4 is 23.6 Å². The Morgan fingerprint density at radius 1 is 1.20 bits per heavy atom. The molecule has 2 aromatic carbocycles. The van der Waals surface area contributed by atoms with Gasteiger partial charge in [-0.05, 0) is 41.6 Å². The summed E-state index contributed by atoms with van der Waals surface area (Å²) >= 11 is 1.73. The number of carbonyl (C=O) groups excluding carboxylic acids is 1. The molecule has 0 saturated heterocycles. The van der Waals surface area contributed by atoms with E-state index in [1.54, 1.807) is 30.9 Å². The molecule has 0 unspecified atom stereocenters. The number of rotatable bonds is 6. The molecule has 0 aromatic heterocycles. The molecule has 0 atom stereocenters. The molecule has 2 aromatic rings. The van der Waals surface area contributed by atoms with Crippen molar-refractivity contribution in [3.8, 4) is 0 Å². The molecule has 0 heterocycles. The first-order valence-corrected chi connectivity index (χ1v) is 9.19. The number of thioether (sulfide) groups is 1. The molecule has 5 nitrogen and oxygen atoms in total. The Bertz CT molecular complexity index is 743. The van der Waals surface area contributed by atoms with Gasteiger partial charge in [-0.15, -0.1) is 11.8 Å². The summed E-state index contributed by atoms with van der Waals surface area (Å²) in [6.45, 7) is 1.33. The van der Waals surface area contributed by atoms with Crippen LogP contribution in [0.5, 0.6) is 0 Å². The highest BCUT2D eigenvalue weighted by Crippen LogP contribution is 2.15. The van der Waals surface area contributed by atoms with Gasteiger partial charge in [0.15, 0.2) is 5.96 Å². The number of guanidine groups is 1. The molecular weight excluding hydrogens is 332 g/mol. The fourth-order valence-electron chi connectivity index (χ4n) is 2.48. The van der Waals surface area contributed by atoms with E-state index in [1.807, 2.05) is 19.2 Å². The molecule has 0 aliphatic heterocycles. The zero-order valence-electron chi connectivity index (χ0n) is 14.8. The minimum absolute atomic E-state index is 0.419. The van der Waals surface area contributed by atoms with Gasteiger partial charge in [0.2, 0.25) is 5.91 Å². The number of carbonyl (C=O) groups is 1. The second kappa shape index (κ2) is 9.13. The summed E-state index contributed by atoms with van der Waals surface area (Å²) in [5.41, 5.74) is 8.04. The molecule has 3 N–H and O–H groups in total. The number of aliphatic imine (C=N–C) groups is 1. The van der Waals surface area contributed by atoms with Gasteiger partial charge in [-0.2, -0.15) is 0 Å². The van der Waals surface area contributed by atoms with E-state index in [0.29, 0.717) is 12.1 Å². The number of primary amides is 1. The van der Waals surface area contributed by atoms with Crippen LogP contribution in [-0.2, 0) is 13.1 Å². The Kier molecular flexibility index (Phi) is 6.89. The van der Waals surface area contributed by atoms with Crippen molar-refractivity contribution in [1.82, 2.24) is 10.2 Å². The van der Waals surface area contributed by atoms with Crippen LogP contribution in [0.2, 0.25) is 0 Å². The van der Waals surface area contributed by atoms with Crippen molar-refractivity contribution in [2.75, 3.05) is 20.4 Å². The fraction of sp³-hybridized carbons (Fsp3) is 0.263. The second-order valence-corrected chi connectivity index (χ2v) is 6.55. The predicted octanol–water partition coefficient (Wildman–Crippen LogP) is 2.71. The van der Waals surface area contributed by atoms with Crippen LogP contribution in [0.25, 0.3) is 0 Å². The number of amides is 1. The Labute approximate surface area is 153 Å². The van der Waals surface area contributed by atoms with Crippen molar-refractivity contribution in [2.24, 2.45) is 10.7 Å². The first-order chi connectivity index (χ1) is 12.0. The standard InChI is InChI=1S/C19H24N4OS/c1-21-19(22-12-15-5-4-6-16(11-15)18(20)24)23(2)13-14-7-9-17(25-3)10-8-14/h4-11H,12-13H2,1-3H3,(H2,20,24)(H,21,22). The van der Waals surface area contributed by atoms with Gasteiger partial charge in [0.25, 0.3) is 0 Å². The van der Waals surface area contributed by atoms with Crippen molar-refractivity contribution in [3.05, 3.63) is 65.2 Å². The zero-order chi connectivity index (χ0) is 18.2. The third-order valence-electron chi connectivity index (χ3n) is 3.81. The molecule has 0 aliphatic rings. The van der Waals surface area contributed by atoms with Crippen LogP contribution < -0.4 is 11.1 Å². The highest BCUT2D eigenvalue weighted by molar-refractivity contribution is 7.98. The van der Waals surface area contributed by atoms with Crippen LogP contribution >= 0.6 is 11.8 Å². The van der Waals surface area contributed by atoms with Crippen molar-refractivity contribution < 1.29 is 4.79 Å². The summed E-state index contributed by atoms with van der Waals surface area (Å²) in [5, 5.41) is 3.31. The summed E-state index contributed by atoms with van der Waals surface area (Å²) in [5.74, 6) is 0.371. The first kappa shape index (κ1) is 18.9. The summed E-state index contributed by atoms with van der Waals surface area (Å²) in [4.78, 5) is 18.9. The molecule has 132 valence electrons. The zero-order valence-corrected chi connectivity index (χ0v) is 15.6. The first-order valence-electron chi connectivity index (χ1n) is 7.97. The van der Waals surface area contributed by atoms with E-state index in [0.717, 1.165) is 18.1 Å². The van der Waals surface area contributed by atoms with E-state index in [2.05, 4.69) is 45.7 Å². The van der Waals surface area contributed by atoms with Crippen LogP contribution in [0.3, 0.4) is 0 Å². The SMILES string of the molecule is CN=C(NCc1cccc(C(N)=O)c1)N(C)Cc1ccc(SC)cc1. The molecule has 0 spiro atoms. The van der Waals surface area contributed by atoms with Crippen LogP contribution in [0, 0.1) is 0 Å². The molecule has 0 aliphatic carbocycles. The lowest BCUT2D eigenvalue weighted by molar-refractivity contribution is 0.1000. The van der Waals surface area contributed by atoms with Crippen LogP contribution in [-0.4, -0.2) is 37.1 Å². The monoisotopic (exact) mass is 356 g/mol. The molecular formula is C19H24N4OS. The number of nitrogens with two attached hydrogens (primary N) is 1. The number of hydrogen-bond donors (Lipinski definition) is 2. The van der Waals surface area contributed by atoms with Gasteiger partial charge in [-0.3, -0.25) is 9.79 Å². The highest BCUT2D eigenvalue weighted by atomic mass is 32.2. The fourth-order valence-corrected chi connectivity index (χ4v) is 2.89. The van der Waals surface area contributed by atoms with Gasteiger partial charge in [0.1, 0.15) is 0 Å². The summed E-state index contributed by atoms with van der Waals surface area (Å²) in [7, 11) is 3.76. The van der Waals surface area contributed by atoms with E-state index in [9.17, 15) is 4.79 Å². The van der Waals surface area contributed by atoms with Crippen molar-refractivity contribution in [1.29, 1.82) is 0 Å². The maximum absolute atomic E-state index is 11.3. The Hall–Kier alpha value is -2.47. The van der Waals surface area contributed by atoms with Gasteiger partial charge in [-0.1, -0.05) is 24.3 Å². The topological polar surface area (TPSA) is 70.7 Å². The van der Waals surface area contributed by atoms with Crippen LogP contribution in [0.4, 0.5) is 0 Å². The smallest absolute Gasteiger partial charge is 0.248 e. The predicted molar refractivity (Wildman–Crippen MR) is 105 cm³/mol. The summed E-state index contributed by atoms with van der Waals surface area (Å²) in [6, 6.07) is 15.8. The lowest BCUT2D eigenvalue weighted by atomic mass is 10.1. The Morgan fingerprint density at radius 2 is 1.92 bits per heavy atom. The lowest BCUT2D eigenvalue weighted by Gasteiger charge is -2.22. The van der Waals surface area contributed by atoms with Gasteiger partial charge < -0.3 is 16.0 Å². The minimum atomic E-state index is -0.419. The van der Waals surface area contributed by atoms with E-state index < -0.39 is 5.91 Å². The third kappa shape index (κ3) is 5.53. The van der Waals surface area contributed by atoms with Crippen molar-refractivity contribution in [3.63, 3.8) is 0 Å². The maximum Gasteiger partial charge on any atom is 0.248 e. The third-order valence-corrected chi connectivity index (χ3v) is 4.56. The quantitative estimate of drug-likeness (QED) is 0.474. The van der Waals surface area contributed by atoms with E-state index in [1.165, 1.54) is 10.5 Å². The minimum Gasteiger partial charge on any atom is -0.366 e. The number of hydrogen-bond acceptors (Lipinski definition) is 3. The summed E-state index contributed by atoms with van der Waals surface area (Å²) in [6.07, 6.45) is 2.07. The van der Waals surface area contributed by atoms with E-state index in [4.69, 9.17) is 5.73 Å². The van der Waals surface area contributed by atoms with Gasteiger partial charge in [-0.25, -0.2) is 0 Å². The molecule has 0 bridgehead atoms. The lowest BCUT2D eigenvalue weighted by Crippen LogP contribution is -2.38. The molecule has 2 rings (SSSR count). The van der Waals surface area contributed by atoms with Gasteiger partial charge in [0.05, 0.1) is 0 Å². The molecule has 0 saturated carbocycles. The Balaban J connectivity index is 1.96. The Morgan fingerprint density at radius 3 is 2.52 bits per heavy atom. The number of nitrogens with zero attached hydrogens (tertiary/aromatic N) is 2. The van der Waals surface area contributed by atoms with Crippen LogP contribution in [0.1, 0.15) is 21.5 Å². The number of nitrogens with one attached hydrogen (secondary N) is 1. The maximum atomic E-state index is 11.3.